The summed E-state index contributed by atoms with van der Waals surface area (Å²) in [6.07, 6.45) is 0.446. The molecule has 0 unspecified atom stereocenters. The average Bonchev–Trinajstić information content (AvgIpc) is 2.37. The number of morpholine rings is 1. The summed E-state index contributed by atoms with van der Waals surface area (Å²) in [7, 11) is 0. The van der Waals surface area contributed by atoms with Crippen LogP contribution in [-0.2, 0) is 4.74 Å². The zero-order valence-electron chi connectivity index (χ0n) is 10.7. The van der Waals surface area contributed by atoms with E-state index in [-0.39, 0.29) is 18.1 Å². The number of nitrogen functional groups attached to an aromatic ring is 1. The van der Waals surface area contributed by atoms with Gasteiger partial charge in [0.05, 0.1) is 12.2 Å². The van der Waals surface area contributed by atoms with Gasteiger partial charge in [-0.1, -0.05) is 0 Å². The highest BCUT2D eigenvalue weighted by Gasteiger charge is 2.22. The number of hydrogen-bond acceptors (Lipinski definition) is 4. The van der Waals surface area contributed by atoms with Crippen LogP contribution in [-0.4, -0.2) is 31.2 Å². The smallest absolute Gasteiger partial charge is 0.265 e. The van der Waals surface area contributed by atoms with E-state index in [2.05, 4.69) is 24.2 Å². The quantitative estimate of drug-likeness (QED) is 0.464. The molecule has 0 bridgehead atoms. The molecule has 0 aliphatic carbocycles. The Kier molecular flexibility index (Phi) is 3.84. The number of nitrogens with one attached hydrogen (secondary N) is 1. The number of carbonyl (C=O) groups is 1. The number of rotatable bonds is 2. The third-order valence-electron chi connectivity index (χ3n) is 3.05. The monoisotopic (exact) mass is 249 g/mol. The summed E-state index contributed by atoms with van der Waals surface area (Å²) in [6, 6.07) is 7.44. The van der Waals surface area contributed by atoms with E-state index in [4.69, 9.17) is 10.6 Å². The Balaban J connectivity index is 2.11. The highest BCUT2D eigenvalue weighted by atomic mass is 16.5. The second-order valence-corrected chi connectivity index (χ2v) is 4.68. The second-order valence-electron chi connectivity index (χ2n) is 4.68. The summed E-state index contributed by atoms with van der Waals surface area (Å²) in [6.45, 7) is 5.87. The number of anilines is 1. The molecule has 1 amide bonds. The Hall–Kier alpha value is -1.59. The fourth-order valence-corrected chi connectivity index (χ4v) is 2.30. The van der Waals surface area contributed by atoms with Crippen LogP contribution in [0.5, 0.6) is 0 Å². The lowest BCUT2D eigenvalue weighted by Gasteiger charge is -2.36. The highest BCUT2D eigenvalue weighted by molar-refractivity contribution is 5.94. The van der Waals surface area contributed by atoms with Crippen LogP contribution in [0.3, 0.4) is 0 Å². The van der Waals surface area contributed by atoms with Crippen LogP contribution in [0, 0.1) is 0 Å². The van der Waals surface area contributed by atoms with Crippen molar-refractivity contribution in [2.75, 3.05) is 18.0 Å². The summed E-state index contributed by atoms with van der Waals surface area (Å²) in [5.74, 6) is 4.82. The molecule has 1 fully saturated rings. The Morgan fingerprint density at radius 1 is 1.28 bits per heavy atom. The minimum Gasteiger partial charge on any atom is -0.372 e. The maximum atomic E-state index is 11.3. The lowest BCUT2D eigenvalue weighted by Crippen LogP contribution is -2.45. The minimum atomic E-state index is -0.273. The van der Waals surface area contributed by atoms with Gasteiger partial charge in [-0.3, -0.25) is 10.2 Å². The number of ether oxygens (including phenoxy) is 1. The zero-order valence-corrected chi connectivity index (χ0v) is 10.7. The van der Waals surface area contributed by atoms with Gasteiger partial charge >= 0.3 is 0 Å². The van der Waals surface area contributed by atoms with Crippen molar-refractivity contribution in [1.82, 2.24) is 5.43 Å². The summed E-state index contributed by atoms with van der Waals surface area (Å²) < 4.78 is 5.69. The Bertz CT molecular complexity index is 409. The van der Waals surface area contributed by atoms with Crippen molar-refractivity contribution >= 4 is 11.6 Å². The first-order valence-corrected chi connectivity index (χ1v) is 6.11. The molecule has 1 aliphatic rings. The van der Waals surface area contributed by atoms with Gasteiger partial charge in [0.15, 0.2) is 0 Å². The lowest BCUT2D eigenvalue weighted by atomic mass is 10.1. The molecule has 0 aromatic heterocycles. The highest BCUT2D eigenvalue weighted by Crippen LogP contribution is 2.20. The van der Waals surface area contributed by atoms with Crippen LogP contribution >= 0.6 is 0 Å². The molecule has 5 nitrogen and oxygen atoms in total. The predicted molar refractivity (Wildman–Crippen MR) is 70.3 cm³/mol. The molecular weight excluding hydrogens is 230 g/mol. The van der Waals surface area contributed by atoms with Crippen LogP contribution in [0.1, 0.15) is 24.2 Å². The summed E-state index contributed by atoms with van der Waals surface area (Å²) in [5, 5.41) is 0. The van der Waals surface area contributed by atoms with Crippen molar-refractivity contribution in [3.05, 3.63) is 29.8 Å². The van der Waals surface area contributed by atoms with Crippen LogP contribution < -0.4 is 16.2 Å². The van der Waals surface area contributed by atoms with E-state index in [1.54, 1.807) is 12.1 Å². The topological polar surface area (TPSA) is 67.6 Å². The number of carbonyl (C=O) groups excluding carboxylic acids is 1. The SMILES string of the molecule is C[C@@H]1CN(c2ccc(C(=O)NN)cc2)C[C@H](C)O1. The van der Waals surface area contributed by atoms with E-state index < -0.39 is 0 Å². The average molecular weight is 249 g/mol. The van der Waals surface area contributed by atoms with E-state index in [0.717, 1.165) is 18.8 Å². The Morgan fingerprint density at radius 3 is 2.33 bits per heavy atom. The van der Waals surface area contributed by atoms with E-state index >= 15 is 0 Å². The van der Waals surface area contributed by atoms with Gasteiger partial charge in [0, 0.05) is 24.3 Å². The molecule has 0 radical (unpaired) electrons. The number of benzene rings is 1. The first-order chi connectivity index (χ1) is 8.60. The number of nitrogens with zero attached hydrogens (tertiary/aromatic N) is 1. The summed E-state index contributed by atoms with van der Waals surface area (Å²) in [5.41, 5.74) is 3.79. The molecule has 1 aliphatic heterocycles. The molecule has 2 atom stereocenters. The van der Waals surface area contributed by atoms with Crippen molar-refractivity contribution in [2.24, 2.45) is 5.84 Å². The molecule has 0 spiro atoms. The van der Waals surface area contributed by atoms with Crippen LogP contribution in [0.15, 0.2) is 24.3 Å². The number of hydrogen-bond donors (Lipinski definition) is 2. The van der Waals surface area contributed by atoms with Gasteiger partial charge in [-0.05, 0) is 38.1 Å². The van der Waals surface area contributed by atoms with Crippen molar-refractivity contribution in [3.63, 3.8) is 0 Å². The van der Waals surface area contributed by atoms with Gasteiger partial charge in [-0.2, -0.15) is 0 Å². The van der Waals surface area contributed by atoms with Gasteiger partial charge in [-0.15, -0.1) is 0 Å². The number of hydrazine groups is 1. The zero-order chi connectivity index (χ0) is 13.1. The van der Waals surface area contributed by atoms with Gasteiger partial charge < -0.3 is 9.64 Å². The van der Waals surface area contributed by atoms with Gasteiger partial charge in [0.25, 0.3) is 5.91 Å². The molecule has 98 valence electrons. The van der Waals surface area contributed by atoms with Crippen molar-refractivity contribution in [1.29, 1.82) is 0 Å². The minimum absolute atomic E-state index is 0.223. The number of amides is 1. The molecular formula is C13H19N3O2. The number of nitrogens with two attached hydrogens (primary N) is 1. The standard InChI is InChI=1S/C13H19N3O2/c1-9-7-16(8-10(2)18-9)12-5-3-11(4-6-12)13(17)15-14/h3-6,9-10H,7-8,14H2,1-2H3,(H,15,17)/t9-,10+. The predicted octanol–water partition coefficient (Wildman–Crippen LogP) is 0.904. The largest absolute Gasteiger partial charge is 0.372 e. The Labute approximate surface area is 107 Å². The molecule has 1 aromatic carbocycles. The van der Waals surface area contributed by atoms with Crippen molar-refractivity contribution in [2.45, 2.75) is 26.1 Å². The van der Waals surface area contributed by atoms with Crippen LogP contribution in [0.2, 0.25) is 0 Å². The third-order valence-corrected chi connectivity index (χ3v) is 3.05. The third kappa shape index (κ3) is 2.80. The van der Waals surface area contributed by atoms with Crippen LogP contribution in [0.25, 0.3) is 0 Å². The van der Waals surface area contributed by atoms with Gasteiger partial charge in [0.2, 0.25) is 0 Å². The van der Waals surface area contributed by atoms with Crippen molar-refractivity contribution in [3.8, 4) is 0 Å². The maximum absolute atomic E-state index is 11.3. The lowest BCUT2D eigenvalue weighted by molar-refractivity contribution is -0.00522. The summed E-state index contributed by atoms with van der Waals surface area (Å²) >= 11 is 0. The first kappa shape index (κ1) is 12.9. The summed E-state index contributed by atoms with van der Waals surface area (Å²) in [4.78, 5) is 13.6. The second kappa shape index (κ2) is 5.37. The maximum Gasteiger partial charge on any atom is 0.265 e. The van der Waals surface area contributed by atoms with Crippen LogP contribution in [0.4, 0.5) is 5.69 Å². The molecule has 0 saturated carbocycles. The fraction of sp³-hybridized carbons (Fsp3) is 0.462. The molecule has 1 aromatic rings. The molecule has 18 heavy (non-hydrogen) atoms. The normalized spacial score (nSPS) is 23.8. The molecule has 1 heterocycles. The van der Waals surface area contributed by atoms with E-state index in [9.17, 15) is 4.79 Å². The van der Waals surface area contributed by atoms with Gasteiger partial charge in [-0.25, -0.2) is 5.84 Å². The molecule has 3 N–H and O–H groups in total. The molecule has 5 heteroatoms. The molecule has 2 rings (SSSR count). The molecule has 1 saturated heterocycles. The first-order valence-electron chi connectivity index (χ1n) is 6.11. The fourth-order valence-electron chi connectivity index (χ4n) is 2.30. The van der Waals surface area contributed by atoms with Gasteiger partial charge in [0.1, 0.15) is 0 Å². The van der Waals surface area contributed by atoms with E-state index in [0.29, 0.717) is 5.56 Å². The Morgan fingerprint density at radius 2 is 1.83 bits per heavy atom. The van der Waals surface area contributed by atoms with E-state index in [1.165, 1.54) is 0 Å². The van der Waals surface area contributed by atoms with E-state index in [1.807, 2.05) is 12.1 Å². The van der Waals surface area contributed by atoms with Crippen molar-refractivity contribution < 1.29 is 9.53 Å².